The highest BCUT2D eigenvalue weighted by Crippen LogP contribution is 2.26. The van der Waals surface area contributed by atoms with Crippen molar-refractivity contribution in [1.82, 2.24) is 4.90 Å². The van der Waals surface area contributed by atoms with Crippen LogP contribution in [0.1, 0.15) is 16.7 Å². The Kier molecular flexibility index (Phi) is 3.58. The van der Waals surface area contributed by atoms with Gasteiger partial charge in [-0.1, -0.05) is 40.2 Å². The van der Waals surface area contributed by atoms with Gasteiger partial charge < -0.3 is 5.11 Å². The minimum atomic E-state index is 0.377. The van der Waals surface area contributed by atoms with Gasteiger partial charge in [0.2, 0.25) is 0 Å². The number of nitrogens with zero attached hydrogens (tertiary/aromatic N) is 1. The van der Waals surface area contributed by atoms with Crippen molar-refractivity contribution in [3.8, 4) is 5.75 Å². The molecule has 2 nitrogen and oxygen atoms in total. The maximum atomic E-state index is 9.91. The van der Waals surface area contributed by atoms with Crippen LogP contribution in [-0.4, -0.2) is 16.6 Å². The molecular formula is C16H16BrNO. The van der Waals surface area contributed by atoms with Crippen LogP contribution in [0, 0.1) is 0 Å². The molecule has 0 fully saturated rings. The fourth-order valence-electron chi connectivity index (χ4n) is 2.61. The lowest BCUT2D eigenvalue weighted by Gasteiger charge is -2.29. The molecule has 1 N–H and O–H groups in total. The molecule has 0 aliphatic carbocycles. The van der Waals surface area contributed by atoms with Gasteiger partial charge in [-0.2, -0.15) is 0 Å². The Morgan fingerprint density at radius 2 is 1.89 bits per heavy atom. The van der Waals surface area contributed by atoms with Gasteiger partial charge >= 0.3 is 0 Å². The molecule has 98 valence electrons. The Morgan fingerprint density at radius 1 is 1.11 bits per heavy atom. The molecule has 2 aromatic rings. The Morgan fingerprint density at radius 3 is 2.74 bits per heavy atom. The van der Waals surface area contributed by atoms with E-state index in [1.165, 1.54) is 11.1 Å². The standard InChI is InChI=1S/C16H16BrNO/c17-15-5-6-16(19)14(9-15)11-18-8-7-12-3-1-2-4-13(12)10-18/h1-6,9,19H,7-8,10-11H2. The molecule has 0 atom stereocenters. The first-order valence-electron chi connectivity index (χ1n) is 6.49. The van der Waals surface area contributed by atoms with Gasteiger partial charge in [-0.25, -0.2) is 0 Å². The van der Waals surface area contributed by atoms with Crippen LogP contribution in [0.3, 0.4) is 0 Å². The molecule has 0 saturated heterocycles. The second-order valence-corrected chi connectivity index (χ2v) is 5.92. The van der Waals surface area contributed by atoms with Gasteiger partial charge in [0.1, 0.15) is 5.75 Å². The largest absolute Gasteiger partial charge is 0.508 e. The fraction of sp³-hybridized carbons (Fsp3) is 0.250. The van der Waals surface area contributed by atoms with Crippen LogP contribution >= 0.6 is 15.9 Å². The smallest absolute Gasteiger partial charge is 0.120 e. The van der Waals surface area contributed by atoms with Crippen molar-refractivity contribution in [3.05, 3.63) is 63.6 Å². The summed E-state index contributed by atoms with van der Waals surface area (Å²) in [5.74, 6) is 0.377. The Balaban J connectivity index is 1.77. The van der Waals surface area contributed by atoms with E-state index >= 15 is 0 Å². The zero-order valence-corrected chi connectivity index (χ0v) is 12.2. The Bertz CT molecular complexity index is 597. The third-order valence-corrected chi connectivity index (χ3v) is 4.14. The highest BCUT2D eigenvalue weighted by atomic mass is 79.9. The lowest BCUT2D eigenvalue weighted by atomic mass is 9.99. The van der Waals surface area contributed by atoms with Crippen molar-refractivity contribution in [1.29, 1.82) is 0 Å². The number of hydrogen-bond donors (Lipinski definition) is 1. The predicted octanol–water partition coefficient (Wildman–Crippen LogP) is 3.71. The van der Waals surface area contributed by atoms with E-state index < -0.39 is 0 Å². The molecule has 0 saturated carbocycles. The highest BCUT2D eigenvalue weighted by Gasteiger charge is 2.16. The van der Waals surface area contributed by atoms with Gasteiger partial charge in [0.05, 0.1) is 0 Å². The molecule has 0 bridgehead atoms. The van der Waals surface area contributed by atoms with Crippen molar-refractivity contribution in [2.24, 2.45) is 0 Å². The van der Waals surface area contributed by atoms with E-state index in [2.05, 4.69) is 45.1 Å². The van der Waals surface area contributed by atoms with Crippen molar-refractivity contribution in [2.75, 3.05) is 6.54 Å². The van der Waals surface area contributed by atoms with Gasteiger partial charge in [0.25, 0.3) is 0 Å². The maximum absolute atomic E-state index is 9.91. The summed E-state index contributed by atoms with van der Waals surface area (Å²) >= 11 is 3.46. The number of rotatable bonds is 2. The van der Waals surface area contributed by atoms with E-state index in [-0.39, 0.29) is 0 Å². The van der Waals surface area contributed by atoms with E-state index in [0.717, 1.165) is 36.1 Å². The van der Waals surface area contributed by atoms with E-state index in [1.807, 2.05) is 12.1 Å². The van der Waals surface area contributed by atoms with Gasteiger partial charge in [-0.3, -0.25) is 4.90 Å². The minimum Gasteiger partial charge on any atom is -0.508 e. The molecule has 1 heterocycles. The normalized spacial score (nSPS) is 15.2. The topological polar surface area (TPSA) is 23.5 Å². The maximum Gasteiger partial charge on any atom is 0.120 e. The van der Waals surface area contributed by atoms with Crippen LogP contribution in [0.5, 0.6) is 5.75 Å². The molecule has 0 radical (unpaired) electrons. The summed E-state index contributed by atoms with van der Waals surface area (Å²) in [6, 6.07) is 14.2. The molecule has 1 aliphatic rings. The molecule has 0 amide bonds. The second kappa shape index (κ2) is 5.35. The van der Waals surface area contributed by atoms with Gasteiger partial charge in [0, 0.05) is 29.7 Å². The molecule has 3 rings (SSSR count). The summed E-state index contributed by atoms with van der Waals surface area (Å²) in [5.41, 5.74) is 3.84. The van der Waals surface area contributed by atoms with E-state index in [0.29, 0.717) is 5.75 Å². The molecule has 1 aliphatic heterocycles. The summed E-state index contributed by atoms with van der Waals surface area (Å²) < 4.78 is 1.01. The van der Waals surface area contributed by atoms with Crippen molar-refractivity contribution < 1.29 is 5.11 Å². The van der Waals surface area contributed by atoms with Crippen LogP contribution in [0.25, 0.3) is 0 Å². The number of benzene rings is 2. The summed E-state index contributed by atoms with van der Waals surface area (Å²) in [6.45, 7) is 2.80. The van der Waals surface area contributed by atoms with Crippen molar-refractivity contribution in [2.45, 2.75) is 19.5 Å². The summed E-state index contributed by atoms with van der Waals surface area (Å²) in [7, 11) is 0. The summed E-state index contributed by atoms with van der Waals surface area (Å²) in [4.78, 5) is 2.38. The number of aromatic hydroxyl groups is 1. The SMILES string of the molecule is Oc1ccc(Br)cc1CN1CCc2ccccc2C1. The molecule has 2 aromatic carbocycles. The first kappa shape index (κ1) is 12.7. The second-order valence-electron chi connectivity index (χ2n) is 5.00. The molecule has 3 heteroatoms. The quantitative estimate of drug-likeness (QED) is 0.912. The monoisotopic (exact) mass is 317 g/mol. The zero-order valence-electron chi connectivity index (χ0n) is 10.6. The molecule has 0 spiro atoms. The van der Waals surface area contributed by atoms with Crippen LogP contribution in [-0.2, 0) is 19.5 Å². The van der Waals surface area contributed by atoms with Gasteiger partial charge in [0.15, 0.2) is 0 Å². The first-order chi connectivity index (χ1) is 9.22. The lowest BCUT2D eigenvalue weighted by Crippen LogP contribution is -2.29. The highest BCUT2D eigenvalue weighted by molar-refractivity contribution is 9.10. The average molecular weight is 318 g/mol. The van der Waals surface area contributed by atoms with Gasteiger partial charge in [-0.05, 0) is 35.7 Å². The number of halogens is 1. The number of phenols is 1. The number of hydrogen-bond acceptors (Lipinski definition) is 2. The zero-order chi connectivity index (χ0) is 13.2. The van der Waals surface area contributed by atoms with E-state index in [4.69, 9.17) is 0 Å². The van der Waals surface area contributed by atoms with Crippen LogP contribution in [0.15, 0.2) is 46.9 Å². The van der Waals surface area contributed by atoms with E-state index in [9.17, 15) is 5.11 Å². The Hall–Kier alpha value is -1.32. The predicted molar refractivity (Wildman–Crippen MR) is 80.1 cm³/mol. The van der Waals surface area contributed by atoms with Crippen molar-refractivity contribution in [3.63, 3.8) is 0 Å². The third-order valence-electron chi connectivity index (χ3n) is 3.65. The average Bonchev–Trinajstić information content (AvgIpc) is 2.43. The summed E-state index contributed by atoms with van der Waals surface area (Å²) in [6.07, 6.45) is 1.09. The molecular weight excluding hydrogens is 302 g/mol. The van der Waals surface area contributed by atoms with Crippen LogP contribution < -0.4 is 0 Å². The van der Waals surface area contributed by atoms with Gasteiger partial charge in [-0.15, -0.1) is 0 Å². The first-order valence-corrected chi connectivity index (χ1v) is 7.28. The number of fused-ring (bicyclic) bond motifs is 1. The van der Waals surface area contributed by atoms with Crippen LogP contribution in [0.2, 0.25) is 0 Å². The molecule has 0 aromatic heterocycles. The third kappa shape index (κ3) is 2.82. The van der Waals surface area contributed by atoms with Crippen LogP contribution in [0.4, 0.5) is 0 Å². The van der Waals surface area contributed by atoms with E-state index in [1.54, 1.807) is 6.07 Å². The minimum absolute atomic E-state index is 0.377. The number of phenolic OH excluding ortho intramolecular Hbond substituents is 1. The lowest BCUT2D eigenvalue weighted by molar-refractivity contribution is 0.242. The molecule has 0 unspecified atom stereocenters. The summed E-state index contributed by atoms with van der Waals surface area (Å²) in [5, 5.41) is 9.91. The fourth-order valence-corrected chi connectivity index (χ4v) is 3.02. The molecule has 19 heavy (non-hydrogen) atoms. The Labute approximate surface area is 121 Å². The van der Waals surface area contributed by atoms with Crippen molar-refractivity contribution >= 4 is 15.9 Å².